The van der Waals surface area contributed by atoms with Crippen molar-refractivity contribution in [1.82, 2.24) is 29.8 Å². The third kappa shape index (κ3) is 3.36. The van der Waals surface area contributed by atoms with Crippen LogP contribution in [-0.2, 0) is 17.6 Å². The minimum absolute atomic E-state index is 0.0122. The largest absolute Gasteiger partial charge is 0.342 e. The Kier molecular flexibility index (Phi) is 4.51. The third-order valence-corrected chi connectivity index (χ3v) is 5.16. The minimum Gasteiger partial charge on any atom is -0.342 e. The summed E-state index contributed by atoms with van der Waals surface area (Å²) in [6.07, 6.45) is 2.77. The zero-order chi connectivity index (χ0) is 19.0. The van der Waals surface area contributed by atoms with Crippen molar-refractivity contribution in [2.75, 3.05) is 13.1 Å². The number of nitrogens with one attached hydrogen (secondary N) is 1. The van der Waals surface area contributed by atoms with Gasteiger partial charge in [0.2, 0.25) is 5.91 Å². The van der Waals surface area contributed by atoms with Gasteiger partial charge in [0.15, 0.2) is 5.65 Å². The number of rotatable bonds is 4. The van der Waals surface area contributed by atoms with E-state index in [9.17, 15) is 9.59 Å². The van der Waals surface area contributed by atoms with E-state index >= 15 is 0 Å². The van der Waals surface area contributed by atoms with Crippen LogP contribution in [-0.4, -0.2) is 48.8 Å². The quantitative estimate of drug-likeness (QED) is 0.740. The molecule has 4 heterocycles. The molecule has 27 heavy (non-hydrogen) atoms. The van der Waals surface area contributed by atoms with Crippen molar-refractivity contribution in [3.05, 3.63) is 45.3 Å². The van der Waals surface area contributed by atoms with E-state index in [-0.39, 0.29) is 23.8 Å². The van der Waals surface area contributed by atoms with Gasteiger partial charge in [-0.3, -0.25) is 14.7 Å². The van der Waals surface area contributed by atoms with Gasteiger partial charge < -0.3 is 4.90 Å². The van der Waals surface area contributed by atoms with E-state index in [0.717, 1.165) is 30.8 Å². The fraction of sp³-hybridized carbons (Fsp3) is 0.500. The van der Waals surface area contributed by atoms with Crippen molar-refractivity contribution in [2.45, 2.75) is 45.4 Å². The molecule has 142 valence electrons. The Hall–Kier alpha value is -2.97. The van der Waals surface area contributed by atoms with Crippen molar-refractivity contribution < 1.29 is 9.42 Å². The molecule has 3 aromatic heterocycles. The van der Waals surface area contributed by atoms with Crippen LogP contribution in [0.1, 0.15) is 48.5 Å². The van der Waals surface area contributed by atoms with Crippen LogP contribution in [0.2, 0.25) is 0 Å². The van der Waals surface area contributed by atoms with E-state index in [2.05, 4.69) is 25.0 Å². The first-order valence-corrected chi connectivity index (χ1v) is 9.22. The Balaban J connectivity index is 1.53. The molecule has 3 aromatic rings. The van der Waals surface area contributed by atoms with E-state index in [1.807, 2.05) is 17.9 Å². The predicted octanol–water partition coefficient (Wildman–Crippen LogP) is 1.23. The molecule has 0 bridgehead atoms. The fourth-order valence-corrected chi connectivity index (χ4v) is 3.57. The summed E-state index contributed by atoms with van der Waals surface area (Å²) in [5.74, 6) is 0.156. The van der Waals surface area contributed by atoms with Crippen LogP contribution < -0.4 is 5.56 Å². The highest BCUT2D eigenvalue weighted by Crippen LogP contribution is 2.26. The van der Waals surface area contributed by atoms with Crippen LogP contribution in [0.15, 0.2) is 21.6 Å². The first kappa shape index (κ1) is 17.4. The number of fused-ring (bicyclic) bond motifs is 1. The third-order valence-electron chi connectivity index (χ3n) is 5.16. The molecular weight excluding hydrogens is 348 g/mol. The van der Waals surface area contributed by atoms with Gasteiger partial charge in [-0.2, -0.15) is 0 Å². The zero-order valence-electron chi connectivity index (χ0n) is 15.4. The standard InChI is InChI=1S/C18H22N6O3/c1-3-13-7-18(26)24-16(19-13)8-15(20-24)12-5-4-6-23(10-12)17(25)9-14-11(2)21-27-22-14/h7-8,12,20H,3-6,9-10H2,1-2H3. The molecule has 0 aromatic carbocycles. The van der Waals surface area contributed by atoms with Crippen LogP contribution in [0, 0.1) is 6.92 Å². The molecule has 1 N–H and O–H groups in total. The average Bonchev–Trinajstić information content (AvgIpc) is 3.28. The van der Waals surface area contributed by atoms with Gasteiger partial charge in [-0.25, -0.2) is 14.1 Å². The first-order valence-electron chi connectivity index (χ1n) is 9.22. The van der Waals surface area contributed by atoms with Crippen LogP contribution in [0.25, 0.3) is 5.65 Å². The number of carbonyl (C=O) groups is 1. The van der Waals surface area contributed by atoms with Crippen LogP contribution in [0.5, 0.6) is 0 Å². The summed E-state index contributed by atoms with van der Waals surface area (Å²) in [4.78, 5) is 31.2. The maximum absolute atomic E-state index is 12.6. The molecule has 9 nitrogen and oxygen atoms in total. The molecule has 1 amide bonds. The molecule has 0 saturated carbocycles. The number of likely N-dealkylation sites (tertiary alicyclic amines) is 1. The summed E-state index contributed by atoms with van der Waals surface area (Å²) in [6.45, 7) is 5.07. The van der Waals surface area contributed by atoms with Gasteiger partial charge in [0.25, 0.3) is 5.56 Å². The molecule has 1 aliphatic heterocycles. The number of H-pyrrole nitrogens is 1. The molecule has 0 aliphatic carbocycles. The SMILES string of the molecule is CCc1cc(=O)n2[nH]c(C3CCCN(C(=O)Cc4nonc4C)C3)cc2n1. The van der Waals surface area contributed by atoms with Crippen LogP contribution >= 0.6 is 0 Å². The Morgan fingerprint density at radius 1 is 1.37 bits per heavy atom. The highest BCUT2D eigenvalue weighted by Gasteiger charge is 2.27. The maximum atomic E-state index is 12.6. The average molecular weight is 370 g/mol. The Morgan fingerprint density at radius 3 is 2.96 bits per heavy atom. The van der Waals surface area contributed by atoms with E-state index in [0.29, 0.717) is 30.0 Å². The summed E-state index contributed by atoms with van der Waals surface area (Å²) in [6, 6.07) is 3.48. The highest BCUT2D eigenvalue weighted by molar-refractivity contribution is 5.78. The van der Waals surface area contributed by atoms with Crippen molar-refractivity contribution in [2.24, 2.45) is 0 Å². The summed E-state index contributed by atoms with van der Waals surface area (Å²) >= 11 is 0. The number of amides is 1. The minimum atomic E-state index is -0.110. The van der Waals surface area contributed by atoms with Crippen LogP contribution in [0.3, 0.4) is 0 Å². The molecule has 0 spiro atoms. The van der Waals surface area contributed by atoms with E-state index in [4.69, 9.17) is 0 Å². The number of hydrogen-bond acceptors (Lipinski definition) is 6. The van der Waals surface area contributed by atoms with Gasteiger partial charge >= 0.3 is 0 Å². The number of nitrogens with zero attached hydrogens (tertiary/aromatic N) is 5. The highest BCUT2D eigenvalue weighted by atomic mass is 16.6. The Morgan fingerprint density at radius 2 is 2.22 bits per heavy atom. The van der Waals surface area contributed by atoms with Gasteiger partial charge in [0.05, 0.1) is 6.42 Å². The first-order chi connectivity index (χ1) is 13.0. The molecule has 1 fully saturated rings. The van der Waals surface area contributed by atoms with Gasteiger partial charge in [-0.05, 0) is 26.2 Å². The van der Waals surface area contributed by atoms with Gasteiger partial charge in [0, 0.05) is 42.5 Å². The number of hydrogen-bond donors (Lipinski definition) is 1. The Bertz CT molecular complexity index is 1030. The lowest BCUT2D eigenvalue weighted by Gasteiger charge is -2.32. The summed E-state index contributed by atoms with van der Waals surface area (Å²) < 4.78 is 6.14. The van der Waals surface area contributed by atoms with E-state index in [1.54, 1.807) is 13.0 Å². The monoisotopic (exact) mass is 370 g/mol. The summed E-state index contributed by atoms with van der Waals surface area (Å²) in [5.41, 5.74) is 3.45. The van der Waals surface area contributed by atoms with Gasteiger partial charge in [-0.1, -0.05) is 17.2 Å². The smallest absolute Gasteiger partial charge is 0.272 e. The van der Waals surface area contributed by atoms with Gasteiger partial charge in [0.1, 0.15) is 11.4 Å². The number of aromatic nitrogens is 5. The lowest BCUT2D eigenvalue weighted by molar-refractivity contribution is -0.131. The van der Waals surface area contributed by atoms with E-state index in [1.165, 1.54) is 4.52 Å². The maximum Gasteiger partial charge on any atom is 0.272 e. The predicted molar refractivity (Wildman–Crippen MR) is 96.5 cm³/mol. The number of aromatic amines is 1. The molecule has 4 rings (SSSR count). The normalized spacial score (nSPS) is 17.6. The summed E-state index contributed by atoms with van der Waals surface area (Å²) in [5, 5.41) is 10.7. The number of piperidine rings is 1. The second kappa shape index (κ2) is 6.98. The fourth-order valence-electron chi connectivity index (χ4n) is 3.57. The van der Waals surface area contributed by atoms with Crippen molar-refractivity contribution in [3.8, 4) is 0 Å². The van der Waals surface area contributed by atoms with Crippen molar-refractivity contribution in [3.63, 3.8) is 0 Å². The van der Waals surface area contributed by atoms with Crippen LogP contribution in [0.4, 0.5) is 0 Å². The number of carbonyl (C=O) groups excluding carboxylic acids is 1. The van der Waals surface area contributed by atoms with Crippen molar-refractivity contribution in [1.29, 1.82) is 0 Å². The topological polar surface area (TPSA) is 109 Å². The summed E-state index contributed by atoms with van der Waals surface area (Å²) in [7, 11) is 0. The zero-order valence-corrected chi connectivity index (χ0v) is 15.4. The second-order valence-electron chi connectivity index (χ2n) is 7.00. The number of aryl methyl sites for hydroxylation is 2. The molecule has 1 unspecified atom stereocenters. The lowest BCUT2D eigenvalue weighted by Crippen LogP contribution is -2.40. The lowest BCUT2D eigenvalue weighted by atomic mass is 9.94. The van der Waals surface area contributed by atoms with Crippen molar-refractivity contribution >= 4 is 11.6 Å². The van der Waals surface area contributed by atoms with Gasteiger partial charge in [-0.15, -0.1) is 0 Å². The molecule has 1 saturated heterocycles. The molecule has 1 aliphatic rings. The van der Waals surface area contributed by atoms with E-state index < -0.39 is 0 Å². The molecular formula is C18H22N6O3. The molecule has 1 atom stereocenters. The Labute approximate surface area is 155 Å². The second-order valence-corrected chi connectivity index (χ2v) is 7.00. The molecule has 0 radical (unpaired) electrons. The molecule has 9 heteroatoms.